The predicted molar refractivity (Wildman–Crippen MR) is 43.0 cm³/mol. The second-order valence-corrected chi connectivity index (χ2v) is 3.59. The highest BCUT2D eigenvalue weighted by Crippen LogP contribution is 2.23. The molecule has 0 unspecified atom stereocenters. The van der Waals surface area contributed by atoms with E-state index < -0.39 is 14.9 Å². The largest absolute Gasteiger partial charge is 0.490 e. The highest BCUT2D eigenvalue weighted by atomic mass is 32.2. The normalized spacial score (nSPS) is 19.3. The zero-order chi connectivity index (χ0) is 10.1. The topological polar surface area (TPSA) is 88.8 Å². The van der Waals surface area contributed by atoms with Crippen molar-refractivity contribution in [1.29, 1.82) is 5.26 Å². The summed E-state index contributed by atoms with van der Waals surface area (Å²) in [6, 6.07) is 1.49. The Morgan fingerprint density at radius 2 is 2.00 bits per heavy atom. The van der Waals surface area contributed by atoms with Gasteiger partial charge in [0.25, 0.3) is 15.9 Å². The van der Waals surface area contributed by atoms with Crippen molar-refractivity contribution in [1.82, 2.24) is 0 Å². The van der Waals surface area contributed by atoms with E-state index >= 15 is 0 Å². The Labute approximate surface area is 75.1 Å². The molecule has 1 rings (SSSR count). The third-order valence-electron chi connectivity index (χ3n) is 1.36. The van der Waals surface area contributed by atoms with Gasteiger partial charge >= 0.3 is 0 Å². The summed E-state index contributed by atoms with van der Waals surface area (Å²) >= 11 is 0. The number of rotatable bonds is 1. The Hall–Kier alpha value is -1.55. The molecular formula is C6H6N2O4S. The number of allylic oxidation sites excluding steroid dienone is 1. The van der Waals surface area contributed by atoms with E-state index in [0.717, 1.165) is 0 Å². The molecule has 0 aliphatic carbocycles. The van der Waals surface area contributed by atoms with Crippen molar-refractivity contribution in [2.75, 3.05) is 14.2 Å². The summed E-state index contributed by atoms with van der Waals surface area (Å²) in [5.41, 5.74) is 0. The lowest BCUT2D eigenvalue weighted by molar-refractivity contribution is 0.286. The minimum absolute atomic E-state index is 0.148. The molecule has 0 saturated carbocycles. The first-order valence-electron chi connectivity index (χ1n) is 3.14. The van der Waals surface area contributed by atoms with Gasteiger partial charge in [0.15, 0.2) is 0 Å². The van der Waals surface area contributed by atoms with E-state index in [9.17, 15) is 8.42 Å². The van der Waals surface area contributed by atoms with Crippen molar-refractivity contribution in [2.45, 2.75) is 0 Å². The summed E-state index contributed by atoms with van der Waals surface area (Å²) in [7, 11) is -1.42. The Morgan fingerprint density at radius 3 is 2.38 bits per heavy atom. The first-order chi connectivity index (χ1) is 6.06. The second kappa shape index (κ2) is 3.06. The number of hydrogen-bond donors (Lipinski definition) is 0. The van der Waals surface area contributed by atoms with E-state index in [4.69, 9.17) is 5.26 Å². The number of nitriles is 1. The molecule has 0 N–H and O–H groups in total. The molecule has 70 valence electrons. The minimum atomic E-state index is -3.90. The smallest absolute Gasteiger partial charge is 0.299 e. The van der Waals surface area contributed by atoms with Gasteiger partial charge in [0.2, 0.25) is 10.7 Å². The van der Waals surface area contributed by atoms with Gasteiger partial charge in [0.1, 0.15) is 6.07 Å². The van der Waals surface area contributed by atoms with Gasteiger partial charge in [-0.25, -0.2) is 0 Å². The van der Waals surface area contributed by atoms with Gasteiger partial charge in [-0.2, -0.15) is 13.7 Å². The molecule has 0 bridgehead atoms. The summed E-state index contributed by atoms with van der Waals surface area (Å²) in [4.78, 5) is -0.521. The molecule has 0 aromatic rings. The van der Waals surface area contributed by atoms with Crippen LogP contribution < -0.4 is 0 Å². The molecule has 1 heterocycles. The molecule has 1 aliphatic rings. The molecule has 6 nitrogen and oxygen atoms in total. The lowest BCUT2D eigenvalue weighted by Crippen LogP contribution is -2.04. The van der Waals surface area contributed by atoms with Crippen LogP contribution >= 0.6 is 0 Å². The minimum Gasteiger partial charge on any atom is -0.490 e. The molecule has 0 fully saturated rings. The van der Waals surface area contributed by atoms with Crippen LogP contribution in [0.25, 0.3) is 0 Å². The maximum atomic E-state index is 11.1. The van der Waals surface area contributed by atoms with Gasteiger partial charge in [-0.3, -0.25) is 0 Å². The molecule has 0 amide bonds. The van der Waals surface area contributed by atoms with Crippen LogP contribution in [-0.2, 0) is 19.5 Å². The number of nitrogens with zero attached hydrogens (tertiary/aromatic N) is 2. The SMILES string of the molecule is COC1=NS(=O)(=O)C(C#N)=C1OC. The molecule has 0 spiro atoms. The fourth-order valence-corrected chi connectivity index (χ4v) is 1.82. The van der Waals surface area contributed by atoms with Gasteiger partial charge in [-0.15, -0.1) is 4.40 Å². The number of ether oxygens (including phenoxy) is 2. The van der Waals surface area contributed by atoms with Crippen LogP contribution in [0.1, 0.15) is 0 Å². The number of sulfonamides is 1. The van der Waals surface area contributed by atoms with E-state index in [1.165, 1.54) is 20.3 Å². The van der Waals surface area contributed by atoms with Crippen LogP contribution in [0, 0.1) is 11.3 Å². The van der Waals surface area contributed by atoms with Crippen molar-refractivity contribution in [3.63, 3.8) is 0 Å². The van der Waals surface area contributed by atoms with Crippen LogP contribution in [0.2, 0.25) is 0 Å². The highest BCUT2D eigenvalue weighted by molar-refractivity contribution is 7.94. The van der Waals surface area contributed by atoms with Gasteiger partial charge in [0.05, 0.1) is 14.2 Å². The summed E-state index contributed by atoms with van der Waals surface area (Å²) in [6.07, 6.45) is 0. The quantitative estimate of drug-likeness (QED) is 0.585. The Morgan fingerprint density at radius 1 is 1.38 bits per heavy atom. The van der Waals surface area contributed by atoms with Crippen LogP contribution in [0.3, 0.4) is 0 Å². The standard InChI is InChI=1S/C6H6N2O4S/c1-11-5-4(3-7)13(9,10)8-6(5)12-2/h1-2H3. The molecule has 0 aromatic carbocycles. The van der Waals surface area contributed by atoms with Crippen molar-refractivity contribution < 1.29 is 17.9 Å². The Kier molecular flexibility index (Phi) is 2.25. The van der Waals surface area contributed by atoms with Gasteiger partial charge in [-0.1, -0.05) is 0 Å². The van der Waals surface area contributed by atoms with Crippen LogP contribution in [-0.4, -0.2) is 28.5 Å². The van der Waals surface area contributed by atoms with E-state index in [1.807, 2.05) is 0 Å². The lowest BCUT2D eigenvalue weighted by Gasteiger charge is -2.00. The average molecular weight is 202 g/mol. The zero-order valence-electron chi connectivity index (χ0n) is 6.94. The van der Waals surface area contributed by atoms with Gasteiger partial charge in [0, 0.05) is 0 Å². The van der Waals surface area contributed by atoms with Gasteiger partial charge in [-0.05, 0) is 0 Å². The molecule has 0 radical (unpaired) electrons. The molecule has 0 aromatic heterocycles. The molecule has 1 aliphatic heterocycles. The second-order valence-electron chi connectivity index (χ2n) is 2.05. The summed E-state index contributed by atoms with van der Waals surface area (Å²) in [5.74, 6) is -0.343. The summed E-state index contributed by atoms with van der Waals surface area (Å²) < 4.78 is 34.7. The van der Waals surface area contributed by atoms with Crippen LogP contribution in [0.5, 0.6) is 0 Å². The average Bonchev–Trinajstić information content (AvgIpc) is 2.35. The Bertz CT molecular complexity index is 426. The third-order valence-corrected chi connectivity index (χ3v) is 2.56. The molecule has 13 heavy (non-hydrogen) atoms. The van der Waals surface area contributed by atoms with Crippen molar-refractivity contribution in [3.05, 3.63) is 10.7 Å². The first-order valence-corrected chi connectivity index (χ1v) is 4.58. The summed E-state index contributed by atoms with van der Waals surface area (Å²) in [6.45, 7) is 0. The summed E-state index contributed by atoms with van der Waals surface area (Å²) in [5, 5.41) is 8.52. The van der Waals surface area contributed by atoms with Crippen molar-refractivity contribution >= 4 is 15.9 Å². The van der Waals surface area contributed by atoms with Crippen molar-refractivity contribution in [3.8, 4) is 6.07 Å². The molecule has 7 heteroatoms. The van der Waals surface area contributed by atoms with E-state index in [0.29, 0.717) is 0 Å². The fraction of sp³-hybridized carbons (Fsp3) is 0.333. The molecule has 0 atom stereocenters. The fourth-order valence-electron chi connectivity index (χ4n) is 0.829. The lowest BCUT2D eigenvalue weighted by atomic mass is 10.4. The first kappa shape index (κ1) is 9.54. The van der Waals surface area contributed by atoms with E-state index in [-0.39, 0.29) is 11.7 Å². The zero-order valence-corrected chi connectivity index (χ0v) is 7.75. The monoisotopic (exact) mass is 202 g/mol. The van der Waals surface area contributed by atoms with E-state index in [1.54, 1.807) is 0 Å². The number of methoxy groups -OCH3 is 2. The highest BCUT2D eigenvalue weighted by Gasteiger charge is 2.34. The molecular weight excluding hydrogens is 196 g/mol. The van der Waals surface area contributed by atoms with Crippen LogP contribution in [0.15, 0.2) is 15.1 Å². The maximum Gasteiger partial charge on any atom is 0.299 e. The third kappa shape index (κ3) is 1.36. The number of hydrogen-bond acceptors (Lipinski definition) is 5. The van der Waals surface area contributed by atoms with Crippen LogP contribution in [0.4, 0.5) is 0 Å². The van der Waals surface area contributed by atoms with Gasteiger partial charge < -0.3 is 9.47 Å². The Balaban J connectivity index is 3.39. The predicted octanol–water partition coefficient (Wildman–Crippen LogP) is -0.244. The van der Waals surface area contributed by atoms with Crippen molar-refractivity contribution in [2.24, 2.45) is 4.40 Å². The maximum absolute atomic E-state index is 11.1. The molecule has 0 saturated heterocycles. The van der Waals surface area contributed by atoms with E-state index in [2.05, 4.69) is 13.9 Å².